The summed E-state index contributed by atoms with van der Waals surface area (Å²) in [4.78, 5) is 16.5. The summed E-state index contributed by atoms with van der Waals surface area (Å²) in [6.45, 7) is 0.0894. The van der Waals surface area contributed by atoms with Crippen LogP contribution in [-0.4, -0.2) is 11.9 Å². The molecule has 1 aliphatic rings. The van der Waals surface area contributed by atoms with E-state index in [1.807, 2.05) is 0 Å². The molecule has 0 atom stereocenters. The van der Waals surface area contributed by atoms with E-state index in [9.17, 15) is 9.18 Å². The van der Waals surface area contributed by atoms with E-state index in [4.69, 9.17) is 32.7 Å². The predicted molar refractivity (Wildman–Crippen MR) is 114 cm³/mol. The lowest BCUT2D eigenvalue weighted by Gasteiger charge is -2.07. The molecule has 0 saturated carbocycles. The van der Waals surface area contributed by atoms with Crippen LogP contribution < -0.4 is 4.74 Å². The SMILES string of the molecule is O=C1OC(c2ccc(Cl)cc2Cl)=N/C1=C\c1cccc(OCc2ccccc2F)c1. The first-order valence-electron chi connectivity index (χ1n) is 8.94. The van der Waals surface area contributed by atoms with Crippen LogP contribution in [0.4, 0.5) is 4.39 Å². The van der Waals surface area contributed by atoms with Crippen LogP contribution in [-0.2, 0) is 16.1 Å². The molecule has 1 aliphatic heterocycles. The number of ether oxygens (including phenoxy) is 2. The second kappa shape index (κ2) is 8.69. The van der Waals surface area contributed by atoms with Crippen molar-refractivity contribution in [1.82, 2.24) is 0 Å². The first-order chi connectivity index (χ1) is 14.5. The molecule has 0 spiro atoms. The Balaban J connectivity index is 1.54. The van der Waals surface area contributed by atoms with Crippen LogP contribution in [0.15, 0.2) is 77.4 Å². The zero-order valence-electron chi connectivity index (χ0n) is 15.4. The van der Waals surface area contributed by atoms with Crippen LogP contribution in [0.3, 0.4) is 0 Å². The molecule has 0 amide bonds. The number of carbonyl (C=O) groups is 1. The van der Waals surface area contributed by atoms with Gasteiger partial charge < -0.3 is 9.47 Å². The van der Waals surface area contributed by atoms with Crippen LogP contribution in [0.2, 0.25) is 10.0 Å². The van der Waals surface area contributed by atoms with E-state index in [1.165, 1.54) is 6.07 Å². The minimum Gasteiger partial charge on any atom is -0.489 e. The third kappa shape index (κ3) is 4.53. The van der Waals surface area contributed by atoms with Crippen molar-refractivity contribution in [2.75, 3.05) is 0 Å². The summed E-state index contributed by atoms with van der Waals surface area (Å²) in [7, 11) is 0. The summed E-state index contributed by atoms with van der Waals surface area (Å²) >= 11 is 12.1. The lowest BCUT2D eigenvalue weighted by atomic mass is 10.2. The van der Waals surface area contributed by atoms with E-state index in [-0.39, 0.29) is 24.0 Å². The van der Waals surface area contributed by atoms with Gasteiger partial charge in [0.2, 0.25) is 5.90 Å². The normalized spacial score (nSPS) is 14.6. The van der Waals surface area contributed by atoms with Gasteiger partial charge in [-0.2, -0.15) is 0 Å². The minimum atomic E-state index is -0.589. The number of aliphatic imine (C=N–C) groups is 1. The van der Waals surface area contributed by atoms with Gasteiger partial charge in [-0.05, 0) is 48.0 Å². The molecule has 0 radical (unpaired) electrons. The van der Waals surface area contributed by atoms with Gasteiger partial charge in [0.1, 0.15) is 18.2 Å². The van der Waals surface area contributed by atoms with Gasteiger partial charge in [0.25, 0.3) is 0 Å². The number of carbonyl (C=O) groups excluding carboxylic acids is 1. The van der Waals surface area contributed by atoms with Crippen molar-refractivity contribution >= 4 is 41.1 Å². The second-order valence-electron chi connectivity index (χ2n) is 6.41. The standard InChI is InChI=1S/C23H14Cl2FNO3/c24-16-8-9-18(19(25)12-16)22-27-21(23(28)30-22)11-14-4-3-6-17(10-14)29-13-15-5-1-2-7-20(15)26/h1-12H,13H2/b21-11-. The highest BCUT2D eigenvalue weighted by atomic mass is 35.5. The Hall–Kier alpha value is -3.15. The summed E-state index contributed by atoms with van der Waals surface area (Å²) in [5, 5.41) is 0.801. The number of rotatable bonds is 5. The van der Waals surface area contributed by atoms with Crippen molar-refractivity contribution in [3.8, 4) is 5.75 Å². The fourth-order valence-corrected chi connectivity index (χ4v) is 3.31. The molecule has 0 N–H and O–H groups in total. The maximum atomic E-state index is 13.7. The van der Waals surface area contributed by atoms with Crippen molar-refractivity contribution < 1.29 is 18.7 Å². The minimum absolute atomic E-state index is 0.0894. The molecule has 1 heterocycles. The molecule has 0 unspecified atom stereocenters. The zero-order chi connectivity index (χ0) is 21.1. The van der Waals surface area contributed by atoms with Gasteiger partial charge in [-0.3, -0.25) is 0 Å². The Labute approximate surface area is 182 Å². The van der Waals surface area contributed by atoms with Gasteiger partial charge >= 0.3 is 5.97 Å². The maximum absolute atomic E-state index is 13.7. The van der Waals surface area contributed by atoms with Gasteiger partial charge in [-0.15, -0.1) is 0 Å². The van der Waals surface area contributed by atoms with E-state index in [0.29, 0.717) is 32.5 Å². The quantitative estimate of drug-likeness (QED) is 0.357. The maximum Gasteiger partial charge on any atom is 0.363 e. The molecular weight excluding hydrogens is 428 g/mol. The highest BCUT2D eigenvalue weighted by Gasteiger charge is 2.25. The Morgan fingerprint density at radius 1 is 1.03 bits per heavy atom. The van der Waals surface area contributed by atoms with Crippen LogP contribution in [0.5, 0.6) is 5.75 Å². The Bertz CT molecular complexity index is 1190. The smallest absolute Gasteiger partial charge is 0.363 e. The highest BCUT2D eigenvalue weighted by Crippen LogP contribution is 2.27. The van der Waals surface area contributed by atoms with Gasteiger partial charge in [0.05, 0.1) is 10.6 Å². The number of cyclic esters (lactones) is 1. The van der Waals surface area contributed by atoms with Crippen LogP contribution in [0.25, 0.3) is 6.08 Å². The fourth-order valence-electron chi connectivity index (χ4n) is 2.82. The summed E-state index contributed by atoms with van der Waals surface area (Å²) < 4.78 is 24.7. The third-order valence-electron chi connectivity index (χ3n) is 4.30. The van der Waals surface area contributed by atoms with Crippen molar-refractivity contribution in [1.29, 1.82) is 0 Å². The number of hydrogen-bond donors (Lipinski definition) is 0. The fraction of sp³-hybridized carbons (Fsp3) is 0.0435. The predicted octanol–water partition coefficient (Wildman–Crippen LogP) is 6.06. The molecule has 0 fully saturated rings. The van der Waals surface area contributed by atoms with Crippen molar-refractivity contribution in [2.24, 2.45) is 4.99 Å². The summed E-state index contributed by atoms with van der Waals surface area (Å²) in [5.41, 5.74) is 1.73. The number of hydrogen-bond acceptors (Lipinski definition) is 4. The van der Waals surface area contributed by atoms with Crippen molar-refractivity contribution in [3.05, 3.63) is 105 Å². The average molecular weight is 442 g/mol. The van der Waals surface area contributed by atoms with E-state index in [2.05, 4.69) is 4.99 Å². The Morgan fingerprint density at radius 3 is 2.67 bits per heavy atom. The molecule has 0 saturated heterocycles. The zero-order valence-corrected chi connectivity index (χ0v) is 17.0. The summed E-state index contributed by atoms with van der Waals surface area (Å²) in [6, 6.07) is 18.3. The molecule has 3 aromatic carbocycles. The van der Waals surface area contributed by atoms with Gasteiger partial charge in [0.15, 0.2) is 5.70 Å². The van der Waals surface area contributed by atoms with E-state index >= 15 is 0 Å². The lowest BCUT2D eigenvalue weighted by Crippen LogP contribution is -2.05. The first-order valence-corrected chi connectivity index (χ1v) is 9.69. The largest absolute Gasteiger partial charge is 0.489 e. The van der Waals surface area contributed by atoms with Gasteiger partial charge in [-0.1, -0.05) is 53.5 Å². The van der Waals surface area contributed by atoms with Gasteiger partial charge in [-0.25, -0.2) is 14.2 Å². The summed E-state index contributed by atoms with van der Waals surface area (Å²) in [5.74, 6) is -0.273. The van der Waals surface area contributed by atoms with E-state index in [0.717, 1.165) is 0 Å². The topological polar surface area (TPSA) is 47.9 Å². The van der Waals surface area contributed by atoms with E-state index < -0.39 is 5.97 Å². The molecule has 4 rings (SSSR count). The first kappa shape index (κ1) is 20.1. The van der Waals surface area contributed by atoms with Crippen molar-refractivity contribution in [2.45, 2.75) is 6.61 Å². The monoisotopic (exact) mass is 441 g/mol. The number of esters is 1. The van der Waals surface area contributed by atoms with Crippen molar-refractivity contribution in [3.63, 3.8) is 0 Å². The lowest BCUT2D eigenvalue weighted by molar-refractivity contribution is -0.129. The molecule has 3 aromatic rings. The average Bonchev–Trinajstić information content (AvgIpc) is 3.07. The Kier molecular flexibility index (Phi) is 5.84. The molecule has 0 aliphatic carbocycles. The van der Waals surface area contributed by atoms with Crippen LogP contribution in [0.1, 0.15) is 16.7 Å². The molecule has 150 valence electrons. The number of halogens is 3. The molecule has 7 heteroatoms. The highest BCUT2D eigenvalue weighted by molar-refractivity contribution is 6.37. The molecule has 30 heavy (non-hydrogen) atoms. The molecule has 4 nitrogen and oxygen atoms in total. The Morgan fingerprint density at radius 2 is 1.87 bits per heavy atom. The van der Waals surface area contributed by atoms with Crippen LogP contribution >= 0.6 is 23.2 Å². The molecule has 0 bridgehead atoms. The number of benzene rings is 3. The van der Waals surface area contributed by atoms with Crippen LogP contribution in [0, 0.1) is 5.82 Å². The van der Waals surface area contributed by atoms with Gasteiger partial charge in [0, 0.05) is 10.6 Å². The van der Waals surface area contributed by atoms with E-state index in [1.54, 1.807) is 66.7 Å². The third-order valence-corrected chi connectivity index (χ3v) is 4.84. The number of nitrogens with zero attached hydrogens (tertiary/aromatic N) is 1. The molecular formula is C23H14Cl2FNO3. The summed E-state index contributed by atoms with van der Waals surface area (Å²) in [6.07, 6.45) is 1.58. The second-order valence-corrected chi connectivity index (χ2v) is 7.26. The molecule has 0 aromatic heterocycles.